The quantitative estimate of drug-likeness (QED) is 0.0904. The first kappa shape index (κ1) is 129. The van der Waals surface area contributed by atoms with Gasteiger partial charge in [0.05, 0.1) is 0 Å². The topological polar surface area (TPSA) is 0 Å². The van der Waals surface area contributed by atoms with Crippen LogP contribution in [0.15, 0.2) is 364 Å². The minimum Gasteiger partial charge on any atom is -0.0683 e. The molecular weight excluding hydrogens is 1630 g/mol. The van der Waals surface area contributed by atoms with Gasteiger partial charge >= 0.3 is 0 Å². The van der Waals surface area contributed by atoms with Crippen molar-refractivity contribution in [3.05, 3.63) is 408 Å². The van der Waals surface area contributed by atoms with E-state index in [1.165, 1.54) is 121 Å². The molecule has 5 atom stereocenters. The fourth-order valence-electron chi connectivity index (χ4n) is 14.3. The molecule has 0 heterocycles. The SMILES string of the molecule is CC.CC.CC.CC.CC.CC.CC.CC.CC.CC.CC(C)C(C)c1cc2ccccc2cc1-c1ccccc1.CC(C)C(C)c1ccc2ccccc2c1.CC(C)C(C)c1cccc2ccccc12.CC(C)C(C)c1ccccc1.CC(C)C(C)c1ccccc1-c1ccccc1.CC(C)c1ccc2ccccc2c1.CC(C)c1ccccc1.CC(C)c1ccccc1-c1ccccc1. The van der Waals surface area contributed by atoms with Crippen LogP contribution < -0.4 is 0 Å². The Morgan fingerprint density at radius 3 is 0.750 bits per heavy atom. The number of hydrogen-bond donors (Lipinski definition) is 0. The van der Waals surface area contributed by atoms with Crippen LogP contribution in [0.5, 0.6) is 0 Å². The summed E-state index contributed by atoms with van der Waals surface area (Å²) in [5.41, 5.74) is 19.6. The normalized spacial score (nSPS) is 10.9. The Morgan fingerprint density at radius 2 is 0.382 bits per heavy atom. The molecule has 0 amide bonds. The van der Waals surface area contributed by atoms with Crippen molar-refractivity contribution in [3.63, 3.8) is 0 Å². The fraction of sp³-hybridized carbons (Fsp3) is 0.397. The van der Waals surface area contributed by atoms with Crippen LogP contribution >= 0.6 is 0 Å². The third kappa shape index (κ3) is 46.5. The molecule has 0 aliphatic carbocycles. The van der Waals surface area contributed by atoms with Crippen LogP contribution in [0, 0.1) is 29.6 Å². The molecule has 0 aromatic heterocycles. The molecule has 136 heavy (non-hydrogen) atoms. The number of fused-ring (bicyclic) bond motifs is 4. The predicted molar refractivity (Wildman–Crippen MR) is 630 cm³/mol. The van der Waals surface area contributed by atoms with E-state index in [1.807, 2.05) is 145 Å². The third-order valence-electron chi connectivity index (χ3n) is 23.5. The largest absolute Gasteiger partial charge is 0.0683 e. The zero-order chi connectivity index (χ0) is 104. The van der Waals surface area contributed by atoms with Crippen molar-refractivity contribution in [3.8, 4) is 33.4 Å². The van der Waals surface area contributed by atoms with Crippen LogP contribution in [-0.4, -0.2) is 0 Å². The third-order valence-corrected chi connectivity index (χ3v) is 23.5. The first-order valence-electron chi connectivity index (χ1n) is 53.2. The number of benzene rings is 15. The average molecular weight is 1830 g/mol. The standard InChI is InChI=1S/C21H22.C17H20.2C15H18.C15H16.C13H14.C11H16.C9H12.10C2H6/c1-15(2)16(3)20-13-18-11-7-8-12-19(18)14-21(20)17-9-5-4-6-10-17;1-13(2)14(3)16-11-7-8-12-17(16)15-9-5-4-6-10-15;1-11(2)12(3)14-10-6-8-13-7-4-5-9-15(13)14;1-11(2)12(3)14-9-8-13-6-4-5-7-15(13)10-14;1-12(2)14-10-6-7-11-15(14)13-8-4-3-5-9-13;1-10(2)12-8-7-11-5-3-4-6-13(11)9-12;1-9(2)10(3)11-7-5-4-6-8-11;1-8(2)9-6-4-3-5-7-9;10*1-2/h4-16H,1-3H3;4-14H,1-3H3;2*4-12H,1-3H3;3-12H,1-2H3;3-10H,1-2H3;4-10H,1-3H3;3-8H,1-2H3;10*1-2H3. The van der Waals surface area contributed by atoms with Crippen molar-refractivity contribution in [1.29, 1.82) is 0 Å². The van der Waals surface area contributed by atoms with Crippen molar-refractivity contribution in [1.82, 2.24) is 0 Å². The lowest BCUT2D eigenvalue weighted by molar-refractivity contribution is 0.535. The van der Waals surface area contributed by atoms with Crippen LogP contribution in [0.1, 0.15) is 376 Å². The average Bonchev–Trinajstić information content (AvgIpc) is 0.783. The minimum absolute atomic E-state index is 0.546. The molecule has 15 rings (SSSR count). The highest BCUT2D eigenvalue weighted by Gasteiger charge is 2.19. The van der Waals surface area contributed by atoms with Gasteiger partial charge in [0, 0.05) is 0 Å². The summed E-state index contributed by atoms with van der Waals surface area (Å²) < 4.78 is 0. The molecule has 0 fully saturated rings. The highest BCUT2D eigenvalue weighted by atomic mass is 14.2. The van der Waals surface area contributed by atoms with E-state index in [-0.39, 0.29) is 0 Å². The van der Waals surface area contributed by atoms with E-state index in [4.69, 9.17) is 0 Å². The Hall–Kier alpha value is -10.7. The maximum atomic E-state index is 2.38. The van der Waals surface area contributed by atoms with Gasteiger partial charge in [-0.1, -0.05) is 642 Å². The van der Waals surface area contributed by atoms with E-state index < -0.39 is 0 Å². The van der Waals surface area contributed by atoms with Crippen LogP contribution in [0.2, 0.25) is 0 Å². The first-order valence-corrected chi connectivity index (χ1v) is 53.2. The zero-order valence-electron chi connectivity index (χ0n) is 94.1. The van der Waals surface area contributed by atoms with Gasteiger partial charge in [-0.3, -0.25) is 0 Å². The summed E-state index contributed by atoms with van der Waals surface area (Å²) in [5, 5.41) is 10.7. The second-order valence-corrected chi connectivity index (χ2v) is 34.3. The molecule has 15 aromatic carbocycles. The Morgan fingerprint density at radius 1 is 0.132 bits per heavy atom. The molecule has 0 bridgehead atoms. The van der Waals surface area contributed by atoms with Gasteiger partial charge in [-0.05, 0) is 204 Å². The predicted octanol–water partition coefficient (Wildman–Crippen LogP) is 45.5. The summed E-state index contributed by atoms with van der Waals surface area (Å²) in [4.78, 5) is 0. The smallest absolute Gasteiger partial charge is 0.0143 e. The number of hydrogen-bond acceptors (Lipinski definition) is 0. The molecular formula is C136H196. The Kier molecular flexibility index (Phi) is 75.6. The Bertz CT molecular complexity index is 5260. The van der Waals surface area contributed by atoms with Gasteiger partial charge in [-0.25, -0.2) is 0 Å². The molecule has 0 radical (unpaired) electrons. The van der Waals surface area contributed by atoms with Crippen molar-refractivity contribution >= 4 is 43.1 Å². The molecule has 0 nitrogen and oxygen atoms in total. The van der Waals surface area contributed by atoms with Crippen molar-refractivity contribution in [2.24, 2.45) is 29.6 Å². The lowest BCUT2D eigenvalue weighted by Crippen LogP contribution is -2.04. The number of rotatable bonds is 16. The van der Waals surface area contributed by atoms with Crippen LogP contribution in [-0.2, 0) is 0 Å². The molecule has 740 valence electrons. The highest BCUT2D eigenvalue weighted by molar-refractivity contribution is 5.90. The van der Waals surface area contributed by atoms with Crippen molar-refractivity contribution in [2.45, 2.75) is 331 Å². The van der Waals surface area contributed by atoms with Crippen LogP contribution in [0.3, 0.4) is 0 Å². The fourth-order valence-corrected chi connectivity index (χ4v) is 14.3. The molecule has 5 unspecified atom stereocenters. The van der Waals surface area contributed by atoms with E-state index in [1.54, 1.807) is 0 Å². The molecule has 0 aliphatic rings. The van der Waals surface area contributed by atoms with Crippen molar-refractivity contribution in [2.75, 3.05) is 0 Å². The van der Waals surface area contributed by atoms with E-state index >= 15 is 0 Å². The second kappa shape index (κ2) is 79.4. The maximum Gasteiger partial charge on any atom is -0.0143 e. The lowest BCUT2D eigenvalue weighted by atomic mass is 9.83. The Labute approximate surface area is 840 Å². The van der Waals surface area contributed by atoms with Gasteiger partial charge < -0.3 is 0 Å². The molecule has 0 N–H and O–H groups in total. The van der Waals surface area contributed by atoms with Crippen LogP contribution in [0.25, 0.3) is 76.5 Å². The molecule has 15 aromatic rings. The van der Waals surface area contributed by atoms with Gasteiger partial charge in [0.1, 0.15) is 0 Å². The van der Waals surface area contributed by atoms with E-state index in [0.717, 1.165) is 5.92 Å². The summed E-state index contributed by atoms with van der Waals surface area (Å²) >= 11 is 0. The molecule has 0 heteroatoms. The lowest BCUT2D eigenvalue weighted by Gasteiger charge is -2.21. The monoisotopic (exact) mass is 1830 g/mol. The van der Waals surface area contributed by atoms with E-state index in [0.29, 0.717) is 71.0 Å². The minimum atomic E-state index is 0.546. The first-order chi connectivity index (χ1) is 65.8. The van der Waals surface area contributed by atoms with Gasteiger partial charge in [0.2, 0.25) is 0 Å². The van der Waals surface area contributed by atoms with Gasteiger partial charge in [0.25, 0.3) is 0 Å². The summed E-state index contributed by atoms with van der Waals surface area (Å²) in [5.74, 6) is 8.34. The second-order valence-electron chi connectivity index (χ2n) is 34.3. The van der Waals surface area contributed by atoms with Gasteiger partial charge in [-0.15, -0.1) is 0 Å². The highest BCUT2D eigenvalue weighted by Crippen LogP contribution is 2.39. The van der Waals surface area contributed by atoms with E-state index in [2.05, 4.69) is 503 Å². The van der Waals surface area contributed by atoms with Crippen molar-refractivity contribution < 1.29 is 0 Å². The van der Waals surface area contributed by atoms with Crippen LogP contribution in [0.4, 0.5) is 0 Å². The maximum absolute atomic E-state index is 2.38. The summed E-state index contributed by atoms with van der Waals surface area (Å²) in [6.45, 7) is 87.7. The summed E-state index contributed by atoms with van der Waals surface area (Å²) in [6, 6.07) is 130. The molecule has 0 aliphatic heterocycles. The summed E-state index contributed by atoms with van der Waals surface area (Å²) in [6.07, 6.45) is 0. The Balaban J connectivity index is -0.00000146. The summed E-state index contributed by atoms with van der Waals surface area (Å²) in [7, 11) is 0. The van der Waals surface area contributed by atoms with Gasteiger partial charge in [-0.2, -0.15) is 0 Å². The molecule has 0 spiro atoms. The zero-order valence-corrected chi connectivity index (χ0v) is 94.1. The van der Waals surface area contributed by atoms with E-state index in [9.17, 15) is 0 Å². The molecule has 0 saturated heterocycles. The molecule has 0 saturated carbocycles. The van der Waals surface area contributed by atoms with Gasteiger partial charge in [0.15, 0.2) is 0 Å².